The minimum Gasteiger partial charge on any atom is -0.496 e. The minimum atomic E-state index is -1.27. The van der Waals surface area contributed by atoms with Crippen LogP contribution in [0.5, 0.6) is 5.75 Å². The average molecular weight is 196 g/mol. The van der Waals surface area contributed by atoms with Crippen LogP contribution in [0.15, 0.2) is 24.8 Å². The predicted octanol–water partition coefficient (Wildman–Crippen LogP) is 1.93. The lowest BCUT2D eigenvalue weighted by Crippen LogP contribution is -2.02. The summed E-state index contributed by atoms with van der Waals surface area (Å²) in [4.78, 5) is 10.6. The summed E-state index contributed by atoms with van der Waals surface area (Å²) in [6, 6.07) is 4.07. The molecule has 1 rings (SSSR count). The van der Waals surface area contributed by atoms with Crippen molar-refractivity contribution in [3.8, 4) is 5.75 Å². The van der Waals surface area contributed by atoms with E-state index in [-0.39, 0.29) is 16.9 Å². The van der Waals surface area contributed by atoms with Crippen molar-refractivity contribution in [2.24, 2.45) is 0 Å². The number of carbonyl (C=O) groups is 1. The van der Waals surface area contributed by atoms with Gasteiger partial charge in [-0.25, -0.2) is 9.18 Å². The summed E-state index contributed by atoms with van der Waals surface area (Å²) in [5.74, 6) is -1.76. The Balaban J connectivity index is 3.30. The molecule has 3 nitrogen and oxygen atoms in total. The zero-order chi connectivity index (χ0) is 10.7. The van der Waals surface area contributed by atoms with Gasteiger partial charge in [-0.15, -0.1) is 0 Å². The van der Waals surface area contributed by atoms with Gasteiger partial charge in [0.05, 0.1) is 18.2 Å². The Labute approximate surface area is 80.4 Å². The van der Waals surface area contributed by atoms with Gasteiger partial charge in [0, 0.05) is 0 Å². The maximum atomic E-state index is 13.2. The predicted molar refractivity (Wildman–Crippen MR) is 49.6 cm³/mol. The van der Waals surface area contributed by atoms with Gasteiger partial charge in [-0.3, -0.25) is 0 Å². The highest BCUT2D eigenvalue weighted by atomic mass is 19.1. The Morgan fingerprint density at radius 3 is 2.71 bits per heavy atom. The zero-order valence-corrected chi connectivity index (χ0v) is 7.58. The van der Waals surface area contributed by atoms with E-state index in [2.05, 4.69) is 6.58 Å². The third-order valence-corrected chi connectivity index (χ3v) is 1.76. The van der Waals surface area contributed by atoms with Crippen molar-refractivity contribution < 1.29 is 19.0 Å². The van der Waals surface area contributed by atoms with Crippen LogP contribution in [-0.2, 0) is 4.79 Å². The Bertz CT molecular complexity index is 385. The number of hydrogen-bond donors (Lipinski definition) is 1. The number of halogens is 1. The van der Waals surface area contributed by atoms with Crippen molar-refractivity contribution in [2.45, 2.75) is 0 Å². The molecule has 0 saturated carbocycles. The summed E-state index contributed by atoms with van der Waals surface area (Å²) in [6.45, 7) is 3.27. The monoisotopic (exact) mass is 196 g/mol. The van der Waals surface area contributed by atoms with E-state index in [0.717, 1.165) is 6.07 Å². The molecule has 0 unspecified atom stereocenters. The largest absolute Gasteiger partial charge is 0.496 e. The number of ether oxygens (including phenoxy) is 1. The molecule has 0 amide bonds. The van der Waals surface area contributed by atoms with Gasteiger partial charge in [0.15, 0.2) is 0 Å². The number of aliphatic carboxylic acids is 1. The smallest absolute Gasteiger partial charge is 0.335 e. The highest BCUT2D eigenvalue weighted by molar-refractivity contribution is 6.15. The van der Waals surface area contributed by atoms with E-state index in [1.165, 1.54) is 19.2 Å². The second-order valence-corrected chi connectivity index (χ2v) is 2.60. The van der Waals surface area contributed by atoms with E-state index in [1.807, 2.05) is 0 Å². The molecule has 0 fully saturated rings. The fourth-order valence-electron chi connectivity index (χ4n) is 1.07. The third-order valence-electron chi connectivity index (χ3n) is 1.76. The fraction of sp³-hybridized carbons (Fsp3) is 0.100. The molecular formula is C10H9FO3. The van der Waals surface area contributed by atoms with Gasteiger partial charge in [-0.1, -0.05) is 12.6 Å². The molecule has 0 aromatic heterocycles. The molecule has 0 aliphatic heterocycles. The van der Waals surface area contributed by atoms with Crippen LogP contribution in [0.3, 0.4) is 0 Å². The molecule has 1 N–H and O–H groups in total. The van der Waals surface area contributed by atoms with Gasteiger partial charge in [0.25, 0.3) is 0 Å². The topological polar surface area (TPSA) is 46.5 Å². The molecule has 1 aromatic rings. The van der Waals surface area contributed by atoms with Crippen LogP contribution in [0.25, 0.3) is 5.57 Å². The third kappa shape index (κ3) is 1.74. The van der Waals surface area contributed by atoms with Crippen LogP contribution in [0.4, 0.5) is 4.39 Å². The van der Waals surface area contributed by atoms with Crippen LogP contribution in [-0.4, -0.2) is 18.2 Å². The maximum Gasteiger partial charge on any atom is 0.335 e. The normalized spacial score (nSPS) is 9.57. The van der Waals surface area contributed by atoms with E-state index in [0.29, 0.717) is 0 Å². The first-order valence-electron chi connectivity index (χ1n) is 3.83. The Morgan fingerprint density at radius 1 is 1.57 bits per heavy atom. The summed E-state index contributed by atoms with van der Waals surface area (Å²) in [5, 5.41) is 8.66. The molecule has 0 atom stereocenters. The van der Waals surface area contributed by atoms with Gasteiger partial charge in [-0.05, 0) is 12.1 Å². The first kappa shape index (κ1) is 10.2. The highest BCUT2D eigenvalue weighted by Crippen LogP contribution is 2.27. The highest BCUT2D eigenvalue weighted by Gasteiger charge is 2.17. The van der Waals surface area contributed by atoms with Crippen LogP contribution in [0.1, 0.15) is 5.56 Å². The van der Waals surface area contributed by atoms with E-state index < -0.39 is 11.8 Å². The molecule has 0 aliphatic rings. The summed E-state index contributed by atoms with van der Waals surface area (Å²) in [7, 11) is 1.34. The van der Waals surface area contributed by atoms with Crippen molar-refractivity contribution in [2.75, 3.05) is 7.11 Å². The van der Waals surface area contributed by atoms with Crippen molar-refractivity contribution in [1.82, 2.24) is 0 Å². The van der Waals surface area contributed by atoms with Gasteiger partial charge in [0.2, 0.25) is 0 Å². The summed E-state index contributed by atoms with van der Waals surface area (Å²) < 4.78 is 18.1. The van der Waals surface area contributed by atoms with Crippen LogP contribution in [0.2, 0.25) is 0 Å². The molecule has 0 heterocycles. The van der Waals surface area contributed by atoms with Crippen LogP contribution in [0, 0.1) is 5.82 Å². The Morgan fingerprint density at radius 2 is 2.21 bits per heavy atom. The zero-order valence-electron chi connectivity index (χ0n) is 7.58. The Hall–Kier alpha value is -1.84. The number of benzene rings is 1. The molecule has 4 heteroatoms. The van der Waals surface area contributed by atoms with Gasteiger partial charge in [-0.2, -0.15) is 0 Å². The van der Waals surface area contributed by atoms with Crippen molar-refractivity contribution in [3.05, 3.63) is 36.2 Å². The standard InChI is InChI=1S/C10H9FO3/c1-6(10(12)13)9-7(11)4-3-5-8(9)14-2/h3-5H,1H2,2H3,(H,12,13). The maximum absolute atomic E-state index is 13.2. The SMILES string of the molecule is C=C(C(=O)O)c1c(F)cccc1OC. The van der Waals surface area contributed by atoms with Gasteiger partial charge in [0.1, 0.15) is 11.6 Å². The molecule has 0 saturated heterocycles. The van der Waals surface area contributed by atoms with Gasteiger partial charge >= 0.3 is 5.97 Å². The first-order chi connectivity index (χ1) is 6.57. The summed E-state index contributed by atoms with van der Waals surface area (Å²) in [5.41, 5.74) is -0.428. The molecule has 74 valence electrons. The molecule has 0 radical (unpaired) electrons. The fourth-order valence-corrected chi connectivity index (χ4v) is 1.07. The first-order valence-corrected chi connectivity index (χ1v) is 3.83. The lowest BCUT2D eigenvalue weighted by atomic mass is 10.1. The van der Waals surface area contributed by atoms with E-state index in [9.17, 15) is 9.18 Å². The minimum absolute atomic E-state index is 0.109. The molecule has 0 spiro atoms. The lowest BCUT2D eigenvalue weighted by molar-refractivity contribution is -0.130. The summed E-state index contributed by atoms with van der Waals surface area (Å²) >= 11 is 0. The molecular weight excluding hydrogens is 187 g/mol. The van der Waals surface area contributed by atoms with Crippen molar-refractivity contribution >= 4 is 11.5 Å². The lowest BCUT2D eigenvalue weighted by Gasteiger charge is -2.08. The molecule has 0 aliphatic carbocycles. The quantitative estimate of drug-likeness (QED) is 0.751. The number of carboxylic acids is 1. The molecule has 0 bridgehead atoms. The van der Waals surface area contributed by atoms with Crippen LogP contribution >= 0.6 is 0 Å². The van der Waals surface area contributed by atoms with E-state index in [4.69, 9.17) is 9.84 Å². The second kappa shape index (κ2) is 3.91. The van der Waals surface area contributed by atoms with Crippen molar-refractivity contribution in [3.63, 3.8) is 0 Å². The number of methoxy groups -OCH3 is 1. The average Bonchev–Trinajstić information content (AvgIpc) is 2.16. The second-order valence-electron chi connectivity index (χ2n) is 2.60. The van der Waals surface area contributed by atoms with E-state index in [1.54, 1.807) is 0 Å². The van der Waals surface area contributed by atoms with Crippen molar-refractivity contribution in [1.29, 1.82) is 0 Å². The molecule has 14 heavy (non-hydrogen) atoms. The van der Waals surface area contributed by atoms with E-state index >= 15 is 0 Å². The Kier molecular flexibility index (Phi) is 2.86. The van der Waals surface area contributed by atoms with Gasteiger partial charge < -0.3 is 9.84 Å². The number of rotatable bonds is 3. The van der Waals surface area contributed by atoms with Crippen LogP contribution < -0.4 is 4.74 Å². The number of hydrogen-bond acceptors (Lipinski definition) is 2. The number of carboxylic acid groups (broad SMARTS) is 1. The summed E-state index contributed by atoms with van der Waals surface area (Å²) in [6.07, 6.45) is 0. The molecule has 1 aromatic carbocycles.